The molecule has 138 valence electrons. The fourth-order valence-electron chi connectivity index (χ4n) is 2.94. The van der Waals surface area contributed by atoms with Crippen molar-refractivity contribution < 1.29 is 9.59 Å². The van der Waals surface area contributed by atoms with E-state index in [0.717, 1.165) is 16.3 Å². The Morgan fingerprint density at radius 1 is 1.27 bits per heavy atom. The number of nitrogens with zero attached hydrogens (tertiary/aromatic N) is 3. The number of amides is 2. The molecule has 3 rings (SSSR count). The Morgan fingerprint density at radius 2 is 1.96 bits per heavy atom. The molecule has 0 spiro atoms. The van der Waals surface area contributed by atoms with Gasteiger partial charge in [0.05, 0.1) is 0 Å². The Kier molecular flexibility index (Phi) is 5.09. The van der Waals surface area contributed by atoms with E-state index in [1.54, 1.807) is 4.90 Å². The van der Waals surface area contributed by atoms with Gasteiger partial charge in [-0.2, -0.15) is 0 Å². The molecule has 1 saturated heterocycles. The number of nitrogens with one attached hydrogen (secondary N) is 1. The van der Waals surface area contributed by atoms with Crippen LogP contribution in [0.25, 0.3) is 0 Å². The Balaban J connectivity index is 1.65. The summed E-state index contributed by atoms with van der Waals surface area (Å²) in [6.45, 7) is 8.66. The maximum Gasteiger partial charge on any atom is 0.227 e. The molecule has 0 unspecified atom stereocenters. The number of anilines is 2. The number of aromatic nitrogens is 2. The van der Waals surface area contributed by atoms with Crippen molar-refractivity contribution in [3.05, 3.63) is 34.8 Å². The number of benzene rings is 1. The van der Waals surface area contributed by atoms with E-state index in [9.17, 15) is 9.59 Å². The molecular weight excluding hydrogens is 348 g/mol. The van der Waals surface area contributed by atoms with Crippen molar-refractivity contribution >= 4 is 34.0 Å². The summed E-state index contributed by atoms with van der Waals surface area (Å²) in [4.78, 5) is 26.2. The molecule has 1 aliphatic heterocycles. The van der Waals surface area contributed by atoms with Crippen LogP contribution in [0.5, 0.6) is 0 Å². The maximum atomic E-state index is 12.4. The van der Waals surface area contributed by atoms with Crippen LogP contribution in [-0.4, -0.2) is 28.6 Å². The molecule has 2 amide bonds. The standard InChI is InChI=1S/C19H24N4O2S/c1-12-5-7-14(8-6-12)23-11-13(9-16(23)25)17-21-22-18(26-17)20-15(24)10-19(2,3)4/h5-8,13H,9-11H2,1-4H3,(H,20,22,24)/t13-/m1/s1. The highest BCUT2D eigenvalue weighted by Gasteiger charge is 2.34. The van der Waals surface area contributed by atoms with Crippen LogP contribution in [0.3, 0.4) is 0 Å². The quantitative estimate of drug-likeness (QED) is 0.887. The molecule has 6 nitrogen and oxygen atoms in total. The molecule has 26 heavy (non-hydrogen) atoms. The largest absolute Gasteiger partial charge is 0.312 e. The van der Waals surface area contributed by atoms with Crippen molar-refractivity contribution in [2.75, 3.05) is 16.8 Å². The van der Waals surface area contributed by atoms with Gasteiger partial charge in [-0.05, 0) is 24.5 Å². The summed E-state index contributed by atoms with van der Waals surface area (Å²) < 4.78 is 0. The zero-order chi connectivity index (χ0) is 18.9. The van der Waals surface area contributed by atoms with Gasteiger partial charge in [0.15, 0.2) is 0 Å². The molecule has 1 aliphatic rings. The van der Waals surface area contributed by atoms with E-state index >= 15 is 0 Å². The predicted molar refractivity (Wildman–Crippen MR) is 104 cm³/mol. The summed E-state index contributed by atoms with van der Waals surface area (Å²) in [6.07, 6.45) is 0.837. The molecule has 1 N–H and O–H groups in total. The summed E-state index contributed by atoms with van der Waals surface area (Å²) >= 11 is 1.35. The minimum Gasteiger partial charge on any atom is -0.312 e. The van der Waals surface area contributed by atoms with Gasteiger partial charge in [0.25, 0.3) is 0 Å². The molecule has 0 saturated carbocycles. The van der Waals surface area contributed by atoms with Gasteiger partial charge in [0.2, 0.25) is 16.9 Å². The fourth-order valence-corrected chi connectivity index (χ4v) is 3.79. The fraction of sp³-hybridized carbons (Fsp3) is 0.474. The average molecular weight is 372 g/mol. The van der Waals surface area contributed by atoms with E-state index in [1.807, 2.05) is 52.0 Å². The molecule has 0 aliphatic carbocycles. The van der Waals surface area contributed by atoms with Crippen LogP contribution in [0, 0.1) is 12.3 Å². The molecule has 1 fully saturated rings. The molecule has 1 aromatic carbocycles. The monoisotopic (exact) mass is 372 g/mol. The lowest BCUT2D eigenvalue weighted by atomic mass is 9.92. The topological polar surface area (TPSA) is 75.2 Å². The zero-order valence-electron chi connectivity index (χ0n) is 15.6. The normalized spacial score (nSPS) is 17.6. The number of hydrogen-bond acceptors (Lipinski definition) is 5. The molecule has 1 aromatic heterocycles. The van der Waals surface area contributed by atoms with Crippen molar-refractivity contribution in [3.8, 4) is 0 Å². The van der Waals surface area contributed by atoms with Gasteiger partial charge in [0.1, 0.15) is 5.01 Å². The van der Waals surface area contributed by atoms with Crippen molar-refractivity contribution in [3.63, 3.8) is 0 Å². The Morgan fingerprint density at radius 3 is 2.62 bits per heavy atom. The molecule has 2 aromatic rings. The maximum absolute atomic E-state index is 12.4. The van der Waals surface area contributed by atoms with Gasteiger partial charge in [-0.1, -0.05) is 49.8 Å². The van der Waals surface area contributed by atoms with Gasteiger partial charge in [-0.15, -0.1) is 10.2 Å². The van der Waals surface area contributed by atoms with E-state index in [1.165, 1.54) is 11.3 Å². The van der Waals surface area contributed by atoms with Crippen LogP contribution in [0.4, 0.5) is 10.8 Å². The van der Waals surface area contributed by atoms with Gasteiger partial charge in [-0.25, -0.2) is 0 Å². The Labute approximate surface area is 157 Å². The van der Waals surface area contributed by atoms with E-state index in [4.69, 9.17) is 0 Å². The first-order valence-electron chi connectivity index (χ1n) is 8.71. The minimum absolute atomic E-state index is 0.00886. The third-order valence-electron chi connectivity index (χ3n) is 4.20. The SMILES string of the molecule is Cc1ccc(N2C[C@H](c3nnc(NC(=O)CC(C)(C)C)s3)CC2=O)cc1. The van der Waals surface area contributed by atoms with E-state index in [0.29, 0.717) is 24.5 Å². The van der Waals surface area contributed by atoms with Crippen molar-refractivity contribution in [1.82, 2.24) is 10.2 Å². The molecular formula is C19H24N4O2S. The highest BCUT2D eigenvalue weighted by atomic mass is 32.1. The number of rotatable bonds is 4. The minimum atomic E-state index is -0.0794. The smallest absolute Gasteiger partial charge is 0.227 e. The lowest BCUT2D eigenvalue weighted by molar-refractivity contribution is -0.118. The van der Waals surface area contributed by atoms with E-state index < -0.39 is 0 Å². The highest BCUT2D eigenvalue weighted by Crippen LogP contribution is 2.34. The second-order valence-electron chi connectivity index (χ2n) is 7.97. The number of hydrogen-bond donors (Lipinski definition) is 1. The van der Waals surface area contributed by atoms with Crippen molar-refractivity contribution in [2.45, 2.75) is 46.5 Å². The van der Waals surface area contributed by atoms with E-state index in [2.05, 4.69) is 15.5 Å². The third-order valence-corrected chi connectivity index (χ3v) is 5.20. The molecule has 2 heterocycles. The number of carbonyl (C=O) groups is 2. The van der Waals surface area contributed by atoms with Gasteiger partial charge in [-0.3, -0.25) is 9.59 Å². The second-order valence-corrected chi connectivity index (χ2v) is 8.98. The molecule has 7 heteroatoms. The Bertz CT molecular complexity index is 808. The van der Waals surface area contributed by atoms with Crippen LogP contribution in [-0.2, 0) is 9.59 Å². The second kappa shape index (κ2) is 7.15. The number of aryl methyl sites for hydroxylation is 1. The average Bonchev–Trinajstić information content (AvgIpc) is 3.13. The lowest BCUT2D eigenvalue weighted by Crippen LogP contribution is -2.24. The molecule has 0 bridgehead atoms. The van der Waals surface area contributed by atoms with Crippen LogP contribution in [0.1, 0.15) is 50.1 Å². The molecule has 1 atom stereocenters. The first kappa shape index (κ1) is 18.5. The Hall–Kier alpha value is -2.28. The van der Waals surface area contributed by atoms with Gasteiger partial charge in [0, 0.05) is 31.0 Å². The summed E-state index contributed by atoms with van der Waals surface area (Å²) in [5, 5.41) is 12.4. The van der Waals surface area contributed by atoms with E-state index in [-0.39, 0.29) is 23.1 Å². The zero-order valence-corrected chi connectivity index (χ0v) is 16.4. The number of carbonyl (C=O) groups excluding carboxylic acids is 2. The first-order chi connectivity index (χ1) is 12.2. The van der Waals surface area contributed by atoms with Gasteiger partial charge >= 0.3 is 0 Å². The summed E-state index contributed by atoms with van der Waals surface area (Å²) in [5.74, 6) is 0.0333. The van der Waals surface area contributed by atoms with Crippen LogP contribution in [0.2, 0.25) is 0 Å². The van der Waals surface area contributed by atoms with Gasteiger partial charge < -0.3 is 10.2 Å². The van der Waals surface area contributed by atoms with Crippen molar-refractivity contribution in [1.29, 1.82) is 0 Å². The summed E-state index contributed by atoms with van der Waals surface area (Å²) in [6, 6.07) is 7.94. The summed E-state index contributed by atoms with van der Waals surface area (Å²) in [5.41, 5.74) is 1.99. The van der Waals surface area contributed by atoms with Crippen LogP contribution in [0.15, 0.2) is 24.3 Å². The molecule has 0 radical (unpaired) electrons. The lowest BCUT2D eigenvalue weighted by Gasteiger charge is -2.16. The third kappa shape index (κ3) is 4.46. The first-order valence-corrected chi connectivity index (χ1v) is 9.53. The highest BCUT2D eigenvalue weighted by molar-refractivity contribution is 7.15. The predicted octanol–water partition coefficient (Wildman–Crippen LogP) is 3.74. The summed E-state index contributed by atoms with van der Waals surface area (Å²) in [7, 11) is 0. The van der Waals surface area contributed by atoms with Crippen molar-refractivity contribution in [2.24, 2.45) is 5.41 Å². The van der Waals surface area contributed by atoms with Crippen LogP contribution < -0.4 is 10.2 Å². The van der Waals surface area contributed by atoms with Crippen LogP contribution >= 0.6 is 11.3 Å².